The van der Waals surface area contributed by atoms with Crippen LogP contribution in [0.5, 0.6) is 0 Å². The van der Waals surface area contributed by atoms with Gasteiger partial charge in [0.2, 0.25) is 0 Å². The SMILES string of the molecule is COCCNC/C(=C/c1ccc(C)cn1)C(C)C. The number of ether oxygens (including phenoxy) is 1. The lowest BCUT2D eigenvalue weighted by molar-refractivity contribution is 0.200. The Morgan fingerprint density at radius 1 is 1.44 bits per heavy atom. The van der Waals surface area contributed by atoms with Crippen molar-refractivity contribution in [1.29, 1.82) is 0 Å². The zero-order valence-electron chi connectivity index (χ0n) is 11.9. The smallest absolute Gasteiger partial charge is 0.0629 e. The lowest BCUT2D eigenvalue weighted by Crippen LogP contribution is -2.23. The van der Waals surface area contributed by atoms with Crippen LogP contribution in [-0.4, -0.2) is 31.8 Å². The number of aromatic nitrogens is 1. The minimum atomic E-state index is 0.517. The van der Waals surface area contributed by atoms with Crippen molar-refractivity contribution in [2.75, 3.05) is 26.8 Å². The fraction of sp³-hybridized carbons (Fsp3) is 0.533. The highest BCUT2D eigenvalue weighted by atomic mass is 16.5. The maximum absolute atomic E-state index is 5.02. The fourth-order valence-corrected chi connectivity index (χ4v) is 1.58. The predicted molar refractivity (Wildman–Crippen MR) is 76.5 cm³/mol. The molecule has 0 amide bonds. The highest BCUT2D eigenvalue weighted by Crippen LogP contribution is 2.13. The third kappa shape index (κ3) is 5.43. The van der Waals surface area contributed by atoms with E-state index in [1.54, 1.807) is 7.11 Å². The number of rotatable bonds is 7. The molecule has 0 aliphatic rings. The summed E-state index contributed by atoms with van der Waals surface area (Å²) in [6.07, 6.45) is 4.08. The molecule has 0 atom stereocenters. The number of nitrogens with one attached hydrogen (secondary N) is 1. The van der Waals surface area contributed by atoms with Gasteiger partial charge in [0, 0.05) is 26.4 Å². The summed E-state index contributed by atoms with van der Waals surface area (Å²) in [7, 11) is 1.72. The first kappa shape index (κ1) is 14.9. The summed E-state index contributed by atoms with van der Waals surface area (Å²) in [6.45, 7) is 8.97. The summed E-state index contributed by atoms with van der Waals surface area (Å²) >= 11 is 0. The molecule has 100 valence electrons. The summed E-state index contributed by atoms with van der Waals surface area (Å²) in [5.74, 6) is 0.517. The highest BCUT2D eigenvalue weighted by molar-refractivity contribution is 5.50. The molecule has 3 nitrogen and oxygen atoms in total. The van der Waals surface area contributed by atoms with Crippen LogP contribution in [-0.2, 0) is 4.74 Å². The average molecular weight is 248 g/mol. The molecule has 3 heteroatoms. The van der Waals surface area contributed by atoms with Crippen molar-refractivity contribution in [1.82, 2.24) is 10.3 Å². The van der Waals surface area contributed by atoms with E-state index in [-0.39, 0.29) is 0 Å². The minimum absolute atomic E-state index is 0.517. The van der Waals surface area contributed by atoms with Crippen LogP contribution < -0.4 is 5.32 Å². The van der Waals surface area contributed by atoms with Gasteiger partial charge in [0.1, 0.15) is 0 Å². The molecule has 1 heterocycles. The van der Waals surface area contributed by atoms with Crippen LogP contribution in [0.2, 0.25) is 0 Å². The van der Waals surface area contributed by atoms with Gasteiger partial charge in [0.25, 0.3) is 0 Å². The summed E-state index contributed by atoms with van der Waals surface area (Å²) in [6, 6.07) is 4.15. The quantitative estimate of drug-likeness (QED) is 0.753. The summed E-state index contributed by atoms with van der Waals surface area (Å²) in [4.78, 5) is 4.42. The van der Waals surface area contributed by atoms with E-state index in [1.165, 1.54) is 11.1 Å². The molecular formula is C15H24N2O. The van der Waals surface area contributed by atoms with Gasteiger partial charge in [0.05, 0.1) is 12.3 Å². The van der Waals surface area contributed by atoms with Crippen molar-refractivity contribution in [3.05, 3.63) is 35.2 Å². The molecule has 1 aromatic heterocycles. The maximum atomic E-state index is 5.02. The number of aryl methyl sites for hydroxylation is 1. The van der Waals surface area contributed by atoms with E-state index in [9.17, 15) is 0 Å². The Morgan fingerprint density at radius 3 is 2.78 bits per heavy atom. The number of methoxy groups -OCH3 is 1. The molecule has 0 bridgehead atoms. The second-order valence-corrected chi connectivity index (χ2v) is 4.80. The Balaban J connectivity index is 2.63. The Morgan fingerprint density at radius 2 is 2.22 bits per heavy atom. The van der Waals surface area contributed by atoms with E-state index < -0.39 is 0 Å². The van der Waals surface area contributed by atoms with Crippen LogP contribution in [0.25, 0.3) is 6.08 Å². The van der Waals surface area contributed by atoms with Crippen LogP contribution in [0.3, 0.4) is 0 Å². The summed E-state index contributed by atoms with van der Waals surface area (Å²) in [5, 5.41) is 3.38. The van der Waals surface area contributed by atoms with E-state index >= 15 is 0 Å². The molecule has 1 N–H and O–H groups in total. The summed E-state index contributed by atoms with van der Waals surface area (Å²) < 4.78 is 5.02. The normalized spacial score (nSPS) is 12.2. The van der Waals surface area contributed by atoms with Crippen molar-refractivity contribution in [3.63, 3.8) is 0 Å². The van der Waals surface area contributed by atoms with Gasteiger partial charge < -0.3 is 10.1 Å². The molecule has 0 aliphatic heterocycles. The Bertz CT molecular complexity index is 369. The topological polar surface area (TPSA) is 34.1 Å². The average Bonchev–Trinajstić information content (AvgIpc) is 2.35. The lowest BCUT2D eigenvalue weighted by Gasteiger charge is -2.12. The Kier molecular flexibility index (Phi) is 6.61. The van der Waals surface area contributed by atoms with Gasteiger partial charge in [-0.25, -0.2) is 0 Å². The van der Waals surface area contributed by atoms with Crippen LogP contribution >= 0.6 is 0 Å². The van der Waals surface area contributed by atoms with Crippen molar-refractivity contribution in [2.45, 2.75) is 20.8 Å². The van der Waals surface area contributed by atoms with E-state index in [4.69, 9.17) is 4.74 Å². The largest absolute Gasteiger partial charge is 0.383 e. The van der Waals surface area contributed by atoms with Gasteiger partial charge in [-0.1, -0.05) is 25.5 Å². The molecule has 0 saturated carbocycles. The molecule has 0 unspecified atom stereocenters. The van der Waals surface area contributed by atoms with Crippen molar-refractivity contribution < 1.29 is 4.74 Å². The minimum Gasteiger partial charge on any atom is -0.383 e. The third-order valence-corrected chi connectivity index (χ3v) is 2.82. The molecule has 0 aromatic carbocycles. The van der Waals surface area contributed by atoms with Crippen LogP contribution in [0.15, 0.2) is 23.9 Å². The molecule has 1 rings (SSSR count). The second kappa shape index (κ2) is 8.01. The van der Waals surface area contributed by atoms with E-state index in [0.717, 1.165) is 25.4 Å². The molecule has 0 spiro atoms. The van der Waals surface area contributed by atoms with E-state index in [0.29, 0.717) is 5.92 Å². The number of pyridine rings is 1. The molecule has 1 aromatic rings. The lowest BCUT2D eigenvalue weighted by atomic mass is 10.0. The molecule has 0 radical (unpaired) electrons. The number of hydrogen-bond acceptors (Lipinski definition) is 3. The Hall–Kier alpha value is -1.19. The standard InChI is InChI=1S/C15H24N2O/c1-12(2)14(11-16-7-8-18-4)9-15-6-5-13(3)10-17-15/h5-6,9-10,12,16H,7-8,11H2,1-4H3/b14-9-. The van der Waals surface area contributed by atoms with Gasteiger partial charge in [-0.15, -0.1) is 0 Å². The van der Waals surface area contributed by atoms with Gasteiger partial charge in [-0.05, 0) is 30.5 Å². The molecular weight excluding hydrogens is 224 g/mol. The highest BCUT2D eigenvalue weighted by Gasteiger charge is 2.03. The van der Waals surface area contributed by atoms with Crippen LogP contribution in [0, 0.1) is 12.8 Å². The summed E-state index contributed by atoms with van der Waals surface area (Å²) in [5.41, 5.74) is 3.58. The van der Waals surface area contributed by atoms with Crippen molar-refractivity contribution >= 4 is 6.08 Å². The maximum Gasteiger partial charge on any atom is 0.0629 e. The van der Waals surface area contributed by atoms with E-state index in [2.05, 4.69) is 49.3 Å². The molecule has 0 saturated heterocycles. The number of hydrogen-bond donors (Lipinski definition) is 1. The third-order valence-electron chi connectivity index (χ3n) is 2.82. The first-order valence-electron chi connectivity index (χ1n) is 6.46. The molecule has 0 fully saturated rings. The molecule has 18 heavy (non-hydrogen) atoms. The van der Waals surface area contributed by atoms with Gasteiger partial charge in [-0.3, -0.25) is 4.98 Å². The predicted octanol–water partition coefficient (Wildman–Crippen LogP) is 2.67. The van der Waals surface area contributed by atoms with E-state index in [1.807, 2.05) is 6.20 Å². The first-order chi connectivity index (χ1) is 8.63. The van der Waals surface area contributed by atoms with Crippen LogP contribution in [0.1, 0.15) is 25.1 Å². The van der Waals surface area contributed by atoms with Crippen molar-refractivity contribution in [3.8, 4) is 0 Å². The second-order valence-electron chi connectivity index (χ2n) is 4.80. The zero-order valence-corrected chi connectivity index (χ0v) is 11.9. The zero-order chi connectivity index (χ0) is 13.4. The first-order valence-corrected chi connectivity index (χ1v) is 6.46. The van der Waals surface area contributed by atoms with Gasteiger partial charge in [-0.2, -0.15) is 0 Å². The van der Waals surface area contributed by atoms with Gasteiger partial charge in [0.15, 0.2) is 0 Å². The Labute approximate surface area is 110 Å². The monoisotopic (exact) mass is 248 g/mol. The molecule has 0 aliphatic carbocycles. The fourth-order valence-electron chi connectivity index (χ4n) is 1.58. The van der Waals surface area contributed by atoms with Crippen molar-refractivity contribution in [2.24, 2.45) is 5.92 Å². The van der Waals surface area contributed by atoms with Crippen LogP contribution in [0.4, 0.5) is 0 Å². The number of nitrogens with zero attached hydrogens (tertiary/aromatic N) is 1. The van der Waals surface area contributed by atoms with Gasteiger partial charge >= 0.3 is 0 Å².